The van der Waals surface area contributed by atoms with Gasteiger partial charge in [-0.1, -0.05) is 30.3 Å². The van der Waals surface area contributed by atoms with E-state index >= 15 is 0 Å². The zero-order valence-electron chi connectivity index (χ0n) is 10.5. The van der Waals surface area contributed by atoms with Gasteiger partial charge >= 0.3 is 0 Å². The average Bonchev–Trinajstić information content (AvgIpc) is 2.30. The third kappa shape index (κ3) is 2.35. The maximum absolute atomic E-state index is 2.54. The van der Waals surface area contributed by atoms with Crippen LogP contribution >= 0.6 is 0 Å². The molecule has 2 rings (SSSR count). The van der Waals surface area contributed by atoms with E-state index in [0.717, 1.165) is 6.54 Å². The van der Waals surface area contributed by atoms with Crippen LogP contribution < -0.4 is 0 Å². The smallest absolute Gasteiger partial charge is 0.0239 e. The third-order valence-corrected chi connectivity index (χ3v) is 3.40. The molecule has 86 valence electrons. The van der Waals surface area contributed by atoms with Crippen LogP contribution in [0.3, 0.4) is 0 Å². The normalized spacial score (nSPS) is 17.6. The molecule has 0 radical (unpaired) electrons. The van der Waals surface area contributed by atoms with Crippen LogP contribution in [0.1, 0.15) is 31.4 Å². The molecule has 0 aromatic heterocycles. The molecule has 16 heavy (non-hydrogen) atoms. The van der Waals surface area contributed by atoms with Crippen molar-refractivity contribution in [2.24, 2.45) is 0 Å². The van der Waals surface area contributed by atoms with Gasteiger partial charge in [-0.25, -0.2) is 0 Å². The molecule has 0 N–H and O–H groups in total. The molecule has 0 unspecified atom stereocenters. The molecule has 0 saturated heterocycles. The molecule has 0 saturated carbocycles. The molecule has 0 bridgehead atoms. The standard InChI is InChI=1S/C15H21N/c1-12(2)16-10-6-8-14(11-16)15-9-5-4-7-13(15)3/h4-5,7-9,12H,6,10-11H2,1-3H3. The van der Waals surface area contributed by atoms with Crippen LogP contribution in [0.15, 0.2) is 30.3 Å². The predicted molar refractivity (Wildman–Crippen MR) is 70.5 cm³/mol. The van der Waals surface area contributed by atoms with Gasteiger partial charge in [0, 0.05) is 19.1 Å². The molecule has 1 aliphatic heterocycles. The lowest BCUT2D eigenvalue weighted by Crippen LogP contribution is -2.35. The Balaban J connectivity index is 2.22. The second kappa shape index (κ2) is 4.84. The largest absolute Gasteiger partial charge is 0.296 e. The van der Waals surface area contributed by atoms with Crippen LogP contribution in [0, 0.1) is 6.92 Å². The molecule has 0 fully saturated rings. The molecule has 0 spiro atoms. The summed E-state index contributed by atoms with van der Waals surface area (Å²) >= 11 is 0. The zero-order chi connectivity index (χ0) is 11.5. The van der Waals surface area contributed by atoms with Crippen molar-refractivity contribution in [3.05, 3.63) is 41.5 Å². The Morgan fingerprint density at radius 2 is 1.94 bits per heavy atom. The molecule has 1 aliphatic rings. The maximum atomic E-state index is 2.54. The second-order valence-corrected chi connectivity index (χ2v) is 4.90. The van der Waals surface area contributed by atoms with Gasteiger partial charge in [0.25, 0.3) is 0 Å². The van der Waals surface area contributed by atoms with E-state index in [1.54, 1.807) is 0 Å². The highest BCUT2D eigenvalue weighted by Crippen LogP contribution is 2.24. The van der Waals surface area contributed by atoms with Gasteiger partial charge in [-0.2, -0.15) is 0 Å². The highest BCUT2D eigenvalue weighted by Gasteiger charge is 2.16. The van der Waals surface area contributed by atoms with E-state index in [1.165, 1.54) is 29.7 Å². The number of nitrogens with zero attached hydrogens (tertiary/aromatic N) is 1. The predicted octanol–water partition coefficient (Wildman–Crippen LogP) is 3.49. The van der Waals surface area contributed by atoms with E-state index in [0.29, 0.717) is 6.04 Å². The molecule has 0 aliphatic carbocycles. The van der Waals surface area contributed by atoms with Crippen LogP contribution in [-0.2, 0) is 0 Å². The van der Waals surface area contributed by atoms with Gasteiger partial charge in [0.05, 0.1) is 0 Å². The summed E-state index contributed by atoms with van der Waals surface area (Å²) in [5.74, 6) is 0. The summed E-state index contributed by atoms with van der Waals surface area (Å²) < 4.78 is 0. The van der Waals surface area contributed by atoms with Crippen molar-refractivity contribution in [2.45, 2.75) is 33.2 Å². The number of rotatable bonds is 2. The van der Waals surface area contributed by atoms with Crippen LogP contribution in [0.25, 0.3) is 5.57 Å². The molecular formula is C15H21N. The van der Waals surface area contributed by atoms with Gasteiger partial charge in [-0.15, -0.1) is 0 Å². The minimum absolute atomic E-state index is 0.646. The summed E-state index contributed by atoms with van der Waals surface area (Å²) in [6.45, 7) is 9.06. The van der Waals surface area contributed by atoms with E-state index in [1.807, 2.05) is 0 Å². The zero-order valence-corrected chi connectivity index (χ0v) is 10.5. The molecule has 1 aromatic carbocycles. The average molecular weight is 215 g/mol. The fourth-order valence-electron chi connectivity index (χ4n) is 2.34. The highest BCUT2D eigenvalue weighted by molar-refractivity contribution is 5.70. The van der Waals surface area contributed by atoms with Crippen molar-refractivity contribution in [1.29, 1.82) is 0 Å². The lowest BCUT2D eigenvalue weighted by Gasteiger charge is -2.31. The lowest BCUT2D eigenvalue weighted by molar-refractivity contribution is 0.248. The minimum atomic E-state index is 0.646. The number of aryl methyl sites for hydroxylation is 1. The van der Waals surface area contributed by atoms with E-state index < -0.39 is 0 Å². The molecule has 1 heteroatoms. The molecule has 1 aromatic rings. The molecular weight excluding hydrogens is 194 g/mol. The van der Waals surface area contributed by atoms with E-state index in [2.05, 4.69) is 56.0 Å². The van der Waals surface area contributed by atoms with Gasteiger partial charge in [-0.05, 0) is 43.9 Å². The first kappa shape index (κ1) is 11.4. The number of benzene rings is 1. The minimum Gasteiger partial charge on any atom is -0.296 e. The third-order valence-electron chi connectivity index (χ3n) is 3.40. The summed E-state index contributed by atoms with van der Waals surface area (Å²) in [6, 6.07) is 9.34. The van der Waals surface area contributed by atoms with Gasteiger partial charge in [0.1, 0.15) is 0 Å². The fourth-order valence-corrected chi connectivity index (χ4v) is 2.34. The van der Waals surface area contributed by atoms with Gasteiger partial charge in [-0.3, -0.25) is 4.90 Å². The topological polar surface area (TPSA) is 3.24 Å². The first-order valence-electron chi connectivity index (χ1n) is 6.17. The summed E-state index contributed by atoms with van der Waals surface area (Å²) in [4.78, 5) is 2.54. The Morgan fingerprint density at radius 3 is 2.62 bits per heavy atom. The summed E-state index contributed by atoms with van der Waals surface area (Å²) in [5, 5.41) is 0. The first-order chi connectivity index (χ1) is 7.68. The Bertz CT molecular complexity index is 390. The van der Waals surface area contributed by atoms with E-state index in [4.69, 9.17) is 0 Å². The Labute approximate surface area is 98.8 Å². The second-order valence-electron chi connectivity index (χ2n) is 4.90. The lowest BCUT2D eigenvalue weighted by atomic mass is 9.96. The van der Waals surface area contributed by atoms with Crippen molar-refractivity contribution in [3.8, 4) is 0 Å². The molecule has 1 nitrogen and oxygen atoms in total. The Kier molecular flexibility index (Phi) is 3.45. The maximum Gasteiger partial charge on any atom is 0.0239 e. The van der Waals surface area contributed by atoms with Crippen molar-refractivity contribution < 1.29 is 0 Å². The molecule has 0 atom stereocenters. The monoisotopic (exact) mass is 215 g/mol. The SMILES string of the molecule is Cc1ccccc1C1=CCCN(C(C)C)C1. The summed E-state index contributed by atoms with van der Waals surface area (Å²) in [7, 11) is 0. The van der Waals surface area contributed by atoms with Gasteiger partial charge < -0.3 is 0 Å². The van der Waals surface area contributed by atoms with Crippen molar-refractivity contribution in [1.82, 2.24) is 4.90 Å². The molecule has 1 heterocycles. The number of hydrogen-bond donors (Lipinski definition) is 0. The summed E-state index contributed by atoms with van der Waals surface area (Å²) in [5.41, 5.74) is 4.31. The van der Waals surface area contributed by atoms with E-state index in [-0.39, 0.29) is 0 Å². The van der Waals surface area contributed by atoms with Crippen LogP contribution in [-0.4, -0.2) is 24.0 Å². The van der Waals surface area contributed by atoms with Crippen molar-refractivity contribution in [3.63, 3.8) is 0 Å². The van der Waals surface area contributed by atoms with Crippen molar-refractivity contribution in [2.75, 3.05) is 13.1 Å². The van der Waals surface area contributed by atoms with Gasteiger partial charge in [0.2, 0.25) is 0 Å². The van der Waals surface area contributed by atoms with Crippen LogP contribution in [0.5, 0.6) is 0 Å². The number of hydrogen-bond acceptors (Lipinski definition) is 1. The van der Waals surface area contributed by atoms with Crippen LogP contribution in [0.2, 0.25) is 0 Å². The van der Waals surface area contributed by atoms with Crippen molar-refractivity contribution >= 4 is 5.57 Å². The van der Waals surface area contributed by atoms with E-state index in [9.17, 15) is 0 Å². The van der Waals surface area contributed by atoms with Crippen LogP contribution in [0.4, 0.5) is 0 Å². The fraction of sp³-hybridized carbons (Fsp3) is 0.467. The highest BCUT2D eigenvalue weighted by atomic mass is 15.1. The summed E-state index contributed by atoms with van der Waals surface area (Å²) in [6.07, 6.45) is 3.59. The first-order valence-corrected chi connectivity index (χ1v) is 6.17. The quantitative estimate of drug-likeness (QED) is 0.730. The van der Waals surface area contributed by atoms with Gasteiger partial charge in [0.15, 0.2) is 0 Å². The Hall–Kier alpha value is -1.08. The molecule has 0 amide bonds. The Morgan fingerprint density at radius 1 is 1.19 bits per heavy atom.